The van der Waals surface area contributed by atoms with E-state index in [-0.39, 0.29) is 30.4 Å². The van der Waals surface area contributed by atoms with E-state index in [0.29, 0.717) is 0 Å². The van der Waals surface area contributed by atoms with E-state index in [9.17, 15) is 15.2 Å². The smallest absolute Gasteiger partial charge is 0.227 e. The Bertz CT molecular complexity index is 719. The van der Waals surface area contributed by atoms with Crippen LogP contribution in [0, 0.1) is 29.1 Å². The molecule has 1 aromatic carbocycles. The average molecular weight is 336 g/mol. The average Bonchev–Trinajstić information content (AvgIpc) is 2.55. The molecule has 2 fully saturated rings. The zero-order chi connectivity index (χ0) is 17.8. The monoisotopic (exact) mass is 336 g/mol. The predicted octanol–water partition coefficient (Wildman–Crippen LogP) is 2.82. The zero-order valence-electron chi connectivity index (χ0n) is 14.6. The van der Waals surface area contributed by atoms with Crippen molar-refractivity contribution >= 4 is 5.91 Å². The van der Waals surface area contributed by atoms with Gasteiger partial charge in [-0.25, -0.2) is 0 Å². The first kappa shape index (κ1) is 17.5. The number of amides is 1. The van der Waals surface area contributed by atoms with Gasteiger partial charge in [0.1, 0.15) is 6.04 Å². The van der Waals surface area contributed by atoms with Gasteiger partial charge >= 0.3 is 0 Å². The van der Waals surface area contributed by atoms with E-state index in [4.69, 9.17) is 0 Å². The number of nitriles is 1. The predicted molar refractivity (Wildman–Crippen MR) is 95.4 cm³/mol. The van der Waals surface area contributed by atoms with E-state index in [1.807, 2.05) is 24.3 Å². The fraction of sp³-hybridized carbons (Fsp3) is 0.524. The van der Waals surface area contributed by atoms with Gasteiger partial charge in [-0.3, -0.25) is 4.79 Å². The van der Waals surface area contributed by atoms with Gasteiger partial charge < -0.3 is 10.0 Å². The van der Waals surface area contributed by atoms with Crippen LogP contribution < -0.4 is 0 Å². The number of carbonyl (C=O) groups is 1. The van der Waals surface area contributed by atoms with Gasteiger partial charge in [-0.05, 0) is 37.0 Å². The molecule has 1 aromatic rings. The highest BCUT2D eigenvalue weighted by Crippen LogP contribution is 2.43. The number of rotatable bonds is 4. The summed E-state index contributed by atoms with van der Waals surface area (Å²) in [5.41, 5.74) is 1.94. The summed E-state index contributed by atoms with van der Waals surface area (Å²) in [6.45, 7) is 1.99. The van der Waals surface area contributed by atoms with Crippen molar-refractivity contribution in [2.45, 2.75) is 57.0 Å². The Kier molecular flexibility index (Phi) is 5.41. The van der Waals surface area contributed by atoms with Crippen molar-refractivity contribution in [3.63, 3.8) is 0 Å². The molecule has 2 aliphatic rings. The van der Waals surface area contributed by atoms with Crippen LogP contribution in [0.25, 0.3) is 0 Å². The minimum atomic E-state index is -0.484. The van der Waals surface area contributed by atoms with Crippen molar-refractivity contribution in [2.24, 2.45) is 5.92 Å². The Morgan fingerprint density at radius 3 is 2.56 bits per heavy atom. The number of benzene rings is 1. The molecule has 1 aliphatic heterocycles. The van der Waals surface area contributed by atoms with Gasteiger partial charge in [0.05, 0.1) is 18.7 Å². The summed E-state index contributed by atoms with van der Waals surface area (Å²) in [5.74, 6) is 6.20. The summed E-state index contributed by atoms with van der Waals surface area (Å²) >= 11 is 0. The van der Waals surface area contributed by atoms with Crippen LogP contribution in [0.15, 0.2) is 24.3 Å². The van der Waals surface area contributed by atoms with E-state index in [1.54, 1.807) is 4.90 Å². The molecule has 4 nitrogen and oxygen atoms in total. The highest BCUT2D eigenvalue weighted by molar-refractivity contribution is 5.82. The number of aliphatic hydroxyl groups excluding tert-OH is 1. The zero-order valence-corrected chi connectivity index (χ0v) is 14.6. The van der Waals surface area contributed by atoms with Crippen molar-refractivity contribution in [1.82, 2.24) is 4.90 Å². The molecular formula is C21H24N2O2. The molecule has 1 N–H and O–H groups in total. The molecule has 0 aromatic heterocycles. The second-order valence-electron chi connectivity index (χ2n) is 6.90. The summed E-state index contributed by atoms with van der Waals surface area (Å²) in [4.78, 5) is 14.2. The minimum absolute atomic E-state index is 0.0372. The first-order valence-corrected chi connectivity index (χ1v) is 9.12. The van der Waals surface area contributed by atoms with E-state index < -0.39 is 6.04 Å². The number of carbonyl (C=O) groups excluding carboxylic acids is 1. The largest absolute Gasteiger partial charge is 0.394 e. The summed E-state index contributed by atoms with van der Waals surface area (Å²) in [5, 5.41) is 19.4. The second kappa shape index (κ2) is 7.72. The van der Waals surface area contributed by atoms with E-state index in [0.717, 1.165) is 43.2 Å². The fourth-order valence-electron chi connectivity index (χ4n) is 3.65. The Morgan fingerprint density at radius 2 is 2.04 bits per heavy atom. The molecule has 130 valence electrons. The topological polar surface area (TPSA) is 64.3 Å². The van der Waals surface area contributed by atoms with Gasteiger partial charge in [-0.1, -0.05) is 37.3 Å². The van der Waals surface area contributed by atoms with Crippen molar-refractivity contribution < 1.29 is 9.90 Å². The maximum atomic E-state index is 12.6. The standard InChI is InChI=1S/C21H24N2O2/c1-2-3-4-6-15-9-11-16(12-10-15)20-18(13-22)23(19(20)14-24)21(25)17-7-5-8-17/h9-12,17-20,24H,2-3,5,7-8,14H2,1H3/t18-,19-,20+/m0/s1. The lowest BCUT2D eigenvalue weighted by atomic mass is 9.73. The molecule has 1 heterocycles. The highest BCUT2D eigenvalue weighted by atomic mass is 16.3. The number of hydrogen-bond donors (Lipinski definition) is 1. The van der Waals surface area contributed by atoms with Crippen LogP contribution in [0.4, 0.5) is 0 Å². The lowest BCUT2D eigenvalue weighted by Crippen LogP contribution is -2.66. The van der Waals surface area contributed by atoms with Gasteiger partial charge in [-0.15, -0.1) is 0 Å². The Balaban J connectivity index is 1.76. The molecule has 0 unspecified atom stereocenters. The van der Waals surface area contributed by atoms with Crippen LogP contribution in [0.3, 0.4) is 0 Å². The molecule has 3 atom stereocenters. The van der Waals surface area contributed by atoms with E-state index in [2.05, 4.69) is 24.8 Å². The van der Waals surface area contributed by atoms with E-state index >= 15 is 0 Å². The lowest BCUT2D eigenvalue weighted by Gasteiger charge is -2.53. The highest BCUT2D eigenvalue weighted by Gasteiger charge is 2.53. The van der Waals surface area contributed by atoms with Crippen LogP contribution in [0.1, 0.15) is 56.1 Å². The molecule has 1 saturated heterocycles. The van der Waals surface area contributed by atoms with Gasteiger partial charge in [0.25, 0.3) is 0 Å². The fourth-order valence-corrected chi connectivity index (χ4v) is 3.65. The Labute approximate surface area is 149 Å². The third-order valence-corrected chi connectivity index (χ3v) is 5.34. The molecule has 1 saturated carbocycles. The normalized spacial score (nSPS) is 25.2. The Hall–Kier alpha value is -2.30. The summed E-state index contributed by atoms with van der Waals surface area (Å²) in [6.07, 6.45) is 4.81. The van der Waals surface area contributed by atoms with Crippen LogP contribution >= 0.6 is 0 Å². The Morgan fingerprint density at radius 1 is 1.32 bits per heavy atom. The quantitative estimate of drug-likeness (QED) is 0.860. The number of likely N-dealkylation sites (tertiary alicyclic amines) is 1. The van der Waals surface area contributed by atoms with Crippen LogP contribution in [-0.4, -0.2) is 34.6 Å². The van der Waals surface area contributed by atoms with Crippen molar-refractivity contribution in [3.8, 4) is 17.9 Å². The van der Waals surface area contributed by atoms with Crippen molar-refractivity contribution in [2.75, 3.05) is 6.61 Å². The third-order valence-electron chi connectivity index (χ3n) is 5.34. The maximum absolute atomic E-state index is 12.6. The SMILES string of the molecule is CCCC#Cc1ccc([C@@H]2[C@H](C#N)N(C(=O)C3CCC3)[C@H]2CO)cc1. The second-order valence-corrected chi connectivity index (χ2v) is 6.90. The summed E-state index contributed by atoms with van der Waals surface area (Å²) < 4.78 is 0. The molecule has 3 rings (SSSR count). The van der Waals surface area contributed by atoms with E-state index in [1.165, 1.54) is 0 Å². The first-order chi connectivity index (χ1) is 12.2. The molecule has 1 amide bonds. The molecule has 1 aliphatic carbocycles. The van der Waals surface area contributed by atoms with Gasteiger partial charge in [0.2, 0.25) is 5.91 Å². The van der Waals surface area contributed by atoms with Crippen molar-refractivity contribution in [3.05, 3.63) is 35.4 Å². The third kappa shape index (κ3) is 3.28. The molecule has 0 bridgehead atoms. The van der Waals surface area contributed by atoms with Gasteiger partial charge in [0.15, 0.2) is 0 Å². The summed E-state index contributed by atoms with van der Waals surface area (Å²) in [7, 11) is 0. The van der Waals surface area contributed by atoms with Crippen LogP contribution in [0.5, 0.6) is 0 Å². The molecular weight excluding hydrogens is 312 g/mol. The maximum Gasteiger partial charge on any atom is 0.227 e. The minimum Gasteiger partial charge on any atom is -0.394 e. The lowest BCUT2D eigenvalue weighted by molar-refractivity contribution is -0.154. The molecule has 4 heteroatoms. The van der Waals surface area contributed by atoms with Crippen molar-refractivity contribution in [1.29, 1.82) is 5.26 Å². The number of aliphatic hydroxyl groups is 1. The van der Waals surface area contributed by atoms with Crippen LogP contribution in [-0.2, 0) is 4.79 Å². The number of hydrogen-bond acceptors (Lipinski definition) is 3. The molecule has 0 spiro atoms. The van der Waals surface area contributed by atoms with Gasteiger partial charge in [0, 0.05) is 23.8 Å². The first-order valence-electron chi connectivity index (χ1n) is 9.12. The molecule has 0 radical (unpaired) electrons. The number of nitrogens with zero attached hydrogens (tertiary/aromatic N) is 2. The van der Waals surface area contributed by atoms with Crippen LogP contribution in [0.2, 0.25) is 0 Å². The molecule has 25 heavy (non-hydrogen) atoms. The summed E-state index contributed by atoms with van der Waals surface area (Å²) in [6, 6.07) is 9.34. The number of unbranched alkanes of at least 4 members (excludes halogenated alkanes) is 1. The van der Waals surface area contributed by atoms with Gasteiger partial charge in [-0.2, -0.15) is 5.26 Å².